The lowest BCUT2D eigenvalue weighted by Gasteiger charge is -2.26. The zero-order valence-electron chi connectivity index (χ0n) is 20.4. The van der Waals surface area contributed by atoms with E-state index in [2.05, 4.69) is 16.4 Å². The summed E-state index contributed by atoms with van der Waals surface area (Å²) < 4.78 is 69.0. The van der Waals surface area contributed by atoms with Gasteiger partial charge < -0.3 is 14.8 Å². The summed E-state index contributed by atoms with van der Waals surface area (Å²) in [5.41, 5.74) is 1.97. The van der Waals surface area contributed by atoms with Gasteiger partial charge in [-0.25, -0.2) is 13.8 Å². The van der Waals surface area contributed by atoms with E-state index in [1.165, 1.54) is 24.3 Å². The van der Waals surface area contributed by atoms with Crippen LogP contribution in [0.4, 0.5) is 27.6 Å². The number of imidazole rings is 1. The zero-order valence-corrected chi connectivity index (χ0v) is 21.2. The number of nitrogens with one attached hydrogen (secondary N) is 1. The zero-order chi connectivity index (χ0) is 28.0. The molecule has 4 rings (SSSR count). The second kappa shape index (κ2) is 12.0. The minimum absolute atomic E-state index is 0.0696. The molecule has 0 aliphatic heterocycles. The SMILES string of the molecule is N#Cc1ccc(Cn2cncc2CCN(Cc2cccc(F)c2F)C(=S)Nc2ccc(C(F)(F)F)cc2)cc1. The van der Waals surface area contributed by atoms with E-state index in [0.717, 1.165) is 29.5 Å². The Morgan fingerprint density at radius 3 is 2.41 bits per heavy atom. The highest BCUT2D eigenvalue weighted by molar-refractivity contribution is 7.80. The van der Waals surface area contributed by atoms with Gasteiger partial charge in [0.15, 0.2) is 16.7 Å². The summed E-state index contributed by atoms with van der Waals surface area (Å²) in [6.07, 6.45) is -0.678. The highest BCUT2D eigenvalue weighted by atomic mass is 32.1. The quantitative estimate of drug-likeness (QED) is 0.198. The number of benzene rings is 3. The maximum atomic E-state index is 14.5. The van der Waals surface area contributed by atoms with Crippen molar-refractivity contribution in [1.29, 1.82) is 5.26 Å². The van der Waals surface area contributed by atoms with Crippen molar-refractivity contribution < 1.29 is 22.0 Å². The van der Waals surface area contributed by atoms with E-state index < -0.39 is 23.4 Å². The smallest absolute Gasteiger partial charge is 0.344 e. The number of nitriles is 1. The number of aromatic nitrogens is 2. The number of alkyl halides is 3. The first-order valence-electron chi connectivity index (χ1n) is 11.8. The van der Waals surface area contributed by atoms with Gasteiger partial charge in [-0.3, -0.25) is 0 Å². The van der Waals surface area contributed by atoms with Crippen LogP contribution in [-0.4, -0.2) is 26.1 Å². The van der Waals surface area contributed by atoms with Gasteiger partial charge in [0.25, 0.3) is 0 Å². The monoisotopic (exact) mass is 555 g/mol. The van der Waals surface area contributed by atoms with Gasteiger partial charge in [-0.05, 0) is 60.2 Å². The van der Waals surface area contributed by atoms with Gasteiger partial charge in [0.1, 0.15) is 0 Å². The third-order valence-electron chi connectivity index (χ3n) is 6.02. The summed E-state index contributed by atoms with van der Waals surface area (Å²) in [5, 5.41) is 12.0. The van der Waals surface area contributed by atoms with Crippen molar-refractivity contribution in [3.63, 3.8) is 0 Å². The number of anilines is 1. The molecule has 5 nitrogen and oxygen atoms in total. The van der Waals surface area contributed by atoms with E-state index in [-0.39, 0.29) is 23.8 Å². The molecular weight excluding hydrogens is 533 g/mol. The van der Waals surface area contributed by atoms with Crippen LogP contribution < -0.4 is 5.32 Å². The molecule has 1 aromatic heterocycles. The van der Waals surface area contributed by atoms with E-state index in [1.54, 1.807) is 29.6 Å². The molecular formula is C28H22F5N5S. The van der Waals surface area contributed by atoms with Crippen molar-refractivity contribution in [2.75, 3.05) is 11.9 Å². The molecule has 1 N–H and O–H groups in total. The van der Waals surface area contributed by atoms with E-state index in [4.69, 9.17) is 17.5 Å². The van der Waals surface area contributed by atoms with Gasteiger partial charge in [0, 0.05) is 49.2 Å². The minimum Gasteiger partial charge on any atom is -0.344 e. The molecule has 0 fully saturated rings. The second-order valence-corrected chi connectivity index (χ2v) is 9.10. The molecule has 0 atom stereocenters. The molecule has 0 unspecified atom stereocenters. The van der Waals surface area contributed by atoms with Gasteiger partial charge in [0.2, 0.25) is 0 Å². The molecule has 4 aromatic rings. The molecule has 200 valence electrons. The summed E-state index contributed by atoms with van der Waals surface area (Å²) >= 11 is 5.52. The lowest BCUT2D eigenvalue weighted by Crippen LogP contribution is -2.36. The maximum Gasteiger partial charge on any atom is 0.416 e. The van der Waals surface area contributed by atoms with Crippen LogP contribution in [0.3, 0.4) is 0 Å². The molecule has 39 heavy (non-hydrogen) atoms. The molecule has 0 spiro atoms. The van der Waals surface area contributed by atoms with Crippen LogP contribution in [0.25, 0.3) is 0 Å². The average Bonchev–Trinajstić information content (AvgIpc) is 3.35. The van der Waals surface area contributed by atoms with Crippen molar-refractivity contribution in [3.05, 3.63) is 119 Å². The number of halogens is 5. The Morgan fingerprint density at radius 1 is 1.03 bits per heavy atom. The largest absolute Gasteiger partial charge is 0.416 e. The van der Waals surface area contributed by atoms with Gasteiger partial charge in [-0.2, -0.15) is 18.4 Å². The van der Waals surface area contributed by atoms with Crippen LogP contribution in [0, 0.1) is 23.0 Å². The van der Waals surface area contributed by atoms with Crippen LogP contribution >= 0.6 is 12.2 Å². The summed E-state index contributed by atoms with van der Waals surface area (Å²) in [6, 6.07) is 17.5. The van der Waals surface area contributed by atoms with E-state index in [0.29, 0.717) is 24.2 Å². The first kappa shape index (κ1) is 27.7. The Balaban J connectivity index is 1.51. The van der Waals surface area contributed by atoms with Crippen molar-refractivity contribution in [2.45, 2.75) is 25.7 Å². The Kier molecular flexibility index (Phi) is 8.56. The van der Waals surface area contributed by atoms with Gasteiger partial charge >= 0.3 is 6.18 Å². The third kappa shape index (κ3) is 7.18. The van der Waals surface area contributed by atoms with Gasteiger partial charge in [0.05, 0.1) is 23.5 Å². The first-order chi connectivity index (χ1) is 18.6. The van der Waals surface area contributed by atoms with Crippen molar-refractivity contribution in [1.82, 2.24) is 14.5 Å². The molecule has 0 radical (unpaired) electrons. The van der Waals surface area contributed by atoms with Crippen LogP contribution in [0.15, 0.2) is 79.3 Å². The minimum atomic E-state index is -4.47. The number of rotatable bonds is 8. The molecule has 11 heteroatoms. The first-order valence-corrected chi connectivity index (χ1v) is 12.2. The normalized spacial score (nSPS) is 11.2. The van der Waals surface area contributed by atoms with Crippen molar-refractivity contribution >= 4 is 23.0 Å². The fraction of sp³-hybridized carbons (Fsp3) is 0.179. The highest BCUT2D eigenvalue weighted by Crippen LogP contribution is 2.30. The Hall–Kier alpha value is -4.30. The Labute approximate surface area is 227 Å². The number of thiocarbonyl (C=S) groups is 1. The van der Waals surface area contributed by atoms with E-state index in [1.807, 2.05) is 16.7 Å². The summed E-state index contributed by atoms with van der Waals surface area (Å²) in [7, 11) is 0. The Morgan fingerprint density at radius 2 is 1.74 bits per heavy atom. The predicted octanol–water partition coefficient (Wildman–Crippen LogP) is 6.54. The van der Waals surface area contributed by atoms with Crippen molar-refractivity contribution in [3.8, 4) is 6.07 Å². The number of hydrogen-bond acceptors (Lipinski definition) is 3. The Bertz CT molecular complexity index is 1470. The topological polar surface area (TPSA) is 56.9 Å². The van der Waals surface area contributed by atoms with Crippen LogP contribution in [-0.2, 0) is 25.7 Å². The molecule has 3 aromatic carbocycles. The maximum absolute atomic E-state index is 14.5. The van der Waals surface area contributed by atoms with Crippen LogP contribution in [0.2, 0.25) is 0 Å². The molecule has 0 saturated heterocycles. The van der Waals surface area contributed by atoms with E-state index >= 15 is 0 Å². The summed E-state index contributed by atoms with van der Waals surface area (Å²) in [5.74, 6) is -1.99. The molecule has 0 bridgehead atoms. The molecule has 0 saturated carbocycles. The lowest BCUT2D eigenvalue weighted by atomic mass is 10.1. The van der Waals surface area contributed by atoms with Gasteiger partial charge in [-0.1, -0.05) is 24.3 Å². The highest BCUT2D eigenvalue weighted by Gasteiger charge is 2.30. The fourth-order valence-corrected chi connectivity index (χ4v) is 4.18. The number of nitrogens with zero attached hydrogens (tertiary/aromatic N) is 4. The lowest BCUT2D eigenvalue weighted by molar-refractivity contribution is -0.137. The molecule has 0 aliphatic rings. The molecule has 1 heterocycles. The van der Waals surface area contributed by atoms with Crippen LogP contribution in [0.5, 0.6) is 0 Å². The van der Waals surface area contributed by atoms with Gasteiger partial charge in [-0.15, -0.1) is 0 Å². The second-order valence-electron chi connectivity index (χ2n) is 8.71. The molecule has 0 amide bonds. The van der Waals surface area contributed by atoms with Crippen molar-refractivity contribution in [2.24, 2.45) is 0 Å². The third-order valence-corrected chi connectivity index (χ3v) is 6.38. The summed E-state index contributed by atoms with van der Waals surface area (Å²) in [6.45, 7) is 0.717. The number of hydrogen-bond donors (Lipinski definition) is 1. The fourth-order valence-electron chi connectivity index (χ4n) is 3.90. The van der Waals surface area contributed by atoms with Crippen LogP contribution in [0.1, 0.15) is 27.9 Å². The average molecular weight is 556 g/mol. The standard InChI is InChI=1S/C28H22F5N5S/c29-25-3-1-2-21(26(25)30)17-37(27(39)36-23-10-8-22(9-11-23)28(31,32)33)13-12-24-15-35-18-38(24)16-20-6-4-19(14-34)5-7-20/h1-11,15,18H,12-13,16-17H2,(H,36,39). The molecule has 0 aliphatic carbocycles. The summed E-state index contributed by atoms with van der Waals surface area (Å²) in [4.78, 5) is 5.84. The van der Waals surface area contributed by atoms with E-state index in [9.17, 15) is 22.0 Å². The predicted molar refractivity (Wildman–Crippen MR) is 141 cm³/mol.